The van der Waals surface area contributed by atoms with Crippen LogP contribution in [0.5, 0.6) is 5.75 Å². The van der Waals surface area contributed by atoms with Gasteiger partial charge in [0.25, 0.3) is 5.91 Å². The van der Waals surface area contributed by atoms with Gasteiger partial charge in [0.2, 0.25) is 0 Å². The smallest absolute Gasteiger partial charge is 0.433 e. The summed E-state index contributed by atoms with van der Waals surface area (Å²) in [7, 11) is 1.14. The maximum Gasteiger partial charge on any atom is 0.433 e. The number of amides is 1. The van der Waals surface area contributed by atoms with Gasteiger partial charge in [0.05, 0.1) is 5.69 Å². The van der Waals surface area contributed by atoms with Crippen molar-refractivity contribution in [1.29, 1.82) is 0 Å². The third-order valence-electron chi connectivity index (χ3n) is 5.37. The summed E-state index contributed by atoms with van der Waals surface area (Å²) in [6.45, 7) is 1.76. The Balaban J connectivity index is 1.65. The first-order chi connectivity index (χ1) is 16.9. The summed E-state index contributed by atoms with van der Waals surface area (Å²) < 4.78 is 59.1. The molecule has 0 saturated carbocycles. The number of primary amides is 1. The van der Waals surface area contributed by atoms with Crippen molar-refractivity contribution >= 4 is 23.2 Å². The molecule has 0 fully saturated rings. The molecule has 2 aromatic carbocycles. The number of rotatable bonds is 7. The van der Waals surface area contributed by atoms with Crippen LogP contribution in [0.3, 0.4) is 0 Å². The molecule has 2 aromatic heterocycles. The Morgan fingerprint density at radius 3 is 2.47 bits per heavy atom. The van der Waals surface area contributed by atoms with Crippen LogP contribution in [0.25, 0.3) is 11.3 Å². The zero-order valence-corrected chi connectivity index (χ0v) is 19.0. The highest BCUT2D eigenvalue weighted by molar-refractivity contribution is 6.04. The minimum Gasteiger partial charge on any atom is -0.484 e. The number of aromatic nitrogens is 4. The van der Waals surface area contributed by atoms with Crippen LogP contribution in [0.2, 0.25) is 0 Å². The molecule has 4 rings (SSSR count). The highest BCUT2D eigenvalue weighted by Crippen LogP contribution is 2.36. The minimum atomic E-state index is -4.61. The molecule has 0 saturated heterocycles. The summed E-state index contributed by atoms with van der Waals surface area (Å²) in [4.78, 5) is 12.3. The largest absolute Gasteiger partial charge is 0.484 e. The van der Waals surface area contributed by atoms with E-state index in [2.05, 4.69) is 20.6 Å². The van der Waals surface area contributed by atoms with Crippen molar-refractivity contribution in [2.45, 2.75) is 19.2 Å². The number of hydrogen-bond acceptors (Lipinski definition) is 6. The molecule has 0 unspecified atom stereocenters. The van der Waals surface area contributed by atoms with Gasteiger partial charge in [-0.05, 0) is 36.8 Å². The van der Waals surface area contributed by atoms with Gasteiger partial charge in [0.1, 0.15) is 40.4 Å². The number of benzene rings is 2. The summed E-state index contributed by atoms with van der Waals surface area (Å²) in [5.74, 6) is -1.20. The minimum absolute atomic E-state index is 0.0386. The lowest BCUT2D eigenvalue weighted by atomic mass is 10.1. The second kappa shape index (κ2) is 9.24. The molecule has 1 atom stereocenters. The highest BCUT2D eigenvalue weighted by atomic mass is 19.4. The first-order valence-electron chi connectivity index (χ1n) is 10.5. The van der Waals surface area contributed by atoms with Crippen LogP contribution in [-0.4, -0.2) is 25.9 Å². The molecular formula is C23H21F4N7O2. The summed E-state index contributed by atoms with van der Waals surface area (Å²) in [5, 5.41) is 13.1. The number of halogens is 4. The predicted octanol–water partition coefficient (Wildman–Crippen LogP) is 4.53. The van der Waals surface area contributed by atoms with Crippen LogP contribution in [-0.2, 0) is 13.2 Å². The zero-order valence-electron chi connectivity index (χ0n) is 19.0. The van der Waals surface area contributed by atoms with E-state index in [0.29, 0.717) is 21.5 Å². The van der Waals surface area contributed by atoms with Crippen molar-refractivity contribution in [3.8, 4) is 17.0 Å². The lowest BCUT2D eigenvalue weighted by molar-refractivity contribution is -0.143. The number of anilines is 3. The molecule has 9 nitrogen and oxygen atoms in total. The van der Waals surface area contributed by atoms with E-state index in [1.54, 1.807) is 37.3 Å². The van der Waals surface area contributed by atoms with E-state index in [0.717, 1.165) is 13.1 Å². The highest BCUT2D eigenvalue weighted by Gasteiger charge is 2.35. The Bertz CT molecular complexity index is 1410. The Kier molecular flexibility index (Phi) is 6.31. The second-order valence-corrected chi connectivity index (χ2v) is 7.91. The SMILES string of the molecule is C[C@H](Oc1cc(-c2n[nH]c(Nc3cc(C(F)(F)F)n(C)n3)c2C(N)=O)ccc1N)c1ccc(F)cc1. The normalized spacial score (nSPS) is 12.4. The fourth-order valence-corrected chi connectivity index (χ4v) is 3.58. The second-order valence-electron chi connectivity index (χ2n) is 7.91. The number of nitrogens with zero attached hydrogens (tertiary/aromatic N) is 3. The molecule has 13 heteroatoms. The van der Waals surface area contributed by atoms with Crippen molar-refractivity contribution in [3.05, 3.63) is 71.2 Å². The van der Waals surface area contributed by atoms with Gasteiger partial charge in [0, 0.05) is 18.7 Å². The third kappa shape index (κ3) is 4.94. The molecule has 0 aliphatic rings. The van der Waals surface area contributed by atoms with Gasteiger partial charge < -0.3 is 21.5 Å². The van der Waals surface area contributed by atoms with Gasteiger partial charge in [-0.3, -0.25) is 14.6 Å². The number of nitrogens with one attached hydrogen (secondary N) is 2. The van der Waals surface area contributed by atoms with Crippen LogP contribution in [0.4, 0.5) is 34.9 Å². The Morgan fingerprint density at radius 2 is 1.86 bits per heavy atom. The average Bonchev–Trinajstić information content (AvgIpc) is 3.39. The number of alkyl halides is 3. The Morgan fingerprint density at radius 1 is 1.17 bits per heavy atom. The van der Waals surface area contributed by atoms with Gasteiger partial charge in [0.15, 0.2) is 5.82 Å². The summed E-state index contributed by atoms with van der Waals surface area (Å²) >= 11 is 0. The summed E-state index contributed by atoms with van der Waals surface area (Å²) in [6, 6.07) is 11.2. The standard InChI is InChI=1S/C23H21F4N7O2/c1-11(12-3-6-14(24)7-4-12)36-16-9-13(5-8-15(16)28)20-19(21(29)35)22(32-31-20)30-18-10-17(23(25,26)27)34(2)33-18/h3-11H,28H2,1-2H3,(H2,29,35)(H2,30,31,32,33)/t11-/m0/s1. The van der Waals surface area contributed by atoms with Crippen LogP contribution in [0.1, 0.15) is 34.6 Å². The molecule has 1 amide bonds. The maximum atomic E-state index is 13.2. The number of ether oxygens (including phenoxy) is 1. The fraction of sp³-hybridized carbons (Fsp3) is 0.174. The summed E-state index contributed by atoms with van der Waals surface area (Å²) in [5.41, 5.74) is 12.1. The quantitative estimate of drug-likeness (QED) is 0.216. The van der Waals surface area contributed by atoms with Crippen molar-refractivity contribution in [2.75, 3.05) is 11.1 Å². The predicted molar refractivity (Wildman–Crippen MR) is 124 cm³/mol. The molecule has 0 spiro atoms. The topological polar surface area (TPSA) is 137 Å². The molecule has 0 radical (unpaired) electrons. The van der Waals surface area contributed by atoms with Gasteiger partial charge >= 0.3 is 6.18 Å². The van der Waals surface area contributed by atoms with Crippen molar-refractivity contribution in [1.82, 2.24) is 20.0 Å². The van der Waals surface area contributed by atoms with Gasteiger partial charge in [-0.2, -0.15) is 23.4 Å². The lowest BCUT2D eigenvalue weighted by Gasteiger charge is -2.17. The number of nitrogens with two attached hydrogens (primary N) is 2. The van der Waals surface area contributed by atoms with E-state index in [1.165, 1.54) is 12.1 Å². The van der Waals surface area contributed by atoms with E-state index in [1.807, 2.05) is 0 Å². The number of nitrogen functional groups attached to an aromatic ring is 1. The third-order valence-corrected chi connectivity index (χ3v) is 5.37. The molecule has 36 heavy (non-hydrogen) atoms. The van der Waals surface area contributed by atoms with Gasteiger partial charge in [-0.25, -0.2) is 4.39 Å². The fourth-order valence-electron chi connectivity index (χ4n) is 3.58. The monoisotopic (exact) mass is 503 g/mol. The average molecular weight is 503 g/mol. The van der Waals surface area contributed by atoms with E-state index in [4.69, 9.17) is 16.2 Å². The Hall–Kier alpha value is -4.55. The lowest BCUT2D eigenvalue weighted by Crippen LogP contribution is -2.13. The number of H-pyrrole nitrogens is 1. The van der Waals surface area contributed by atoms with Crippen molar-refractivity contribution < 1.29 is 27.1 Å². The van der Waals surface area contributed by atoms with Crippen molar-refractivity contribution in [3.63, 3.8) is 0 Å². The van der Waals surface area contributed by atoms with E-state index >= 15 is 0 Å². The first kappa shape index (κ1) is 24.6. The van der Waals surface area contributed by atoms with Crippen molar-refractivity contribution in [2.24, 2.45) is 12.8 Å². The molecule has 188 valence electrons. The zero-order chi connectivity index (χ0) is 26.2. The summed E-state index contributed by atoms with van der Waals surface area (Å²) in [6.07, 6.45) is -5.10. The number of hydrogen-bond donors (Lipinski definition) is 4. The van der Waals surface area contributed by atoms with Crippen LogP contribution < -0.4 is 21.5 Å². The molecule has 0 aliphatic carbocycles. The number of carbonyl (C=O) groups excluding carboxylic acids is 1. The maximum absolute atomic E-state index is 13.2. The van der Waals surface area contributed by atoms with E-state index in [-0.39, 0.29) is 34.5 Å². The number of aromatic amines is 1. The number of aryl methyl sites for hydroxylation is 1. The molecule has 0 aliphatic heterocycles. The van der Waals surface area contributed by atoms with Gasteiger partial charge in [-0.15, -0.1) is 0 Å². The van der Waals surface area contributed by atoms with Crippen LogP contribution in [0.15, 0.2) is 48.5 Å². The van der Waals surface area contributed by atoms with E-state index in [9.17, 15) is 22.4 Å². The van der Waals surface area contributed by atoms with E-state index < -0.39 is 23.9 Å². The number of carbonyl (C=O) groups is 1. The first-order valence-corrected chi connectivity index (χ1v) is 10.5. The van der Waals surface area contributed by atoms with Crippen LogP contribution >= 0.6 is 0 Å². The van der Waals surface area contributed by atoms with Gasteiger partial charge in [-0.1, -0.05) is 18.2 Å². The molecule has 6 N–H and O–H groups in total. The Labute approximate surface area is 202 Å². The molecule has 2 heterocycles. The van der Waals surface area contributed by atoms with Crippen LogP contribution in [0, 0.1) is 5.82 Å². The molecular weight excluding hydrogens is 482 g/mol. The molecule has 4 aromatic rings. The molecule has 0 bridgehead atoms.